The Kier molecular flexibility index (Phi) is 5.17. The molecule has 2 aromatic heterocycles. The van der Waals surface area contributed by atoms with Gasteiger partial charge in [0, 0.05) is 36.3 Å². The van der Waals surface area contributed by atoms with Crippen molar-refractivity contribution in [1.29, 1.82) is 0 Å². The highest BCUT2D eigenvalue weighted by Crippen LogP contribution is 2.33. The first-order valence-corrected chi connectivity index (χ1v) is 10.9. The zero-order valence-electron chi connectivity index (χ0n) is 18.6. The first-order valence-electron chi connectivity index (χ1n) is 10.9. The van der Waals surface area contributed by atoms with Gasteiger partial charge in [-0.15, -0.1) is 0 Å². The van der Waals surface area contributed by atoms with Crippen LogP contribution in [0.5, 0.6) is 11.5 Å². The lowest BCUT2D eigenvalue weighted by atomic mass is 10.1. The Balaban J connectivity index is 1.34. The highest BCUT2D eigenvalue weighted by Gasteiger charge is 2.19. The summed E-state index contributed by atoms with van der Waals surface area (Å²) in [6.45, 7) is 7.51. The molecule has 2 aromatic carbocycles. The normalized spacial score (nSPS) is 12.6. The average Bonchev–Trinajstić information content (AvgIpc) is 3.41. The molecule has 0 radical (unpaired) electrons. The Morgan fingerprint density at radius 2 is 1.94 bits per heavy atom. The van der Waals surface area contributed by atoms with E-state index in [0.717, 1.165) is 50.6 Å². The Labute approximate surface area is 186 Å². The van der Waals surface area contributed by atoms with Crippen LogP contribution in [-0.2, 0) is 17.8 Å². The summed E-state index contributed by atoms with van der Waals surface area (Å²) in [4.78, 5) is 19.7. The lowest BCUT2D eigenvalue weighted by Gasteiger charge is -2.21. The van der Waals surface area contributed by atoms with Crippen molar-refractivity contribution in [2.24, 2.45) is 0 Å². The summed E-state index contributed by atoms with van der Waals surface area (Å²) in [5, 5.41) is 5.76. The minimum Gasteiger partial charge on any atom is -0.454 e. The van der Waals surface area contributed by atoms with E-state index in [1.807, 2.05) is 65.7 Å². The molecule has 32 heavy (non-hydrogen) atoms. The predicted octanol–water partition coefficient (Wildman–Crippen LogP) is 4.21. The van der Waals surface area contributed by atoms with Gasteiger partial charge in [-0.05, 0) is 62.6 Å². The summed E-state index contributed by atoms with van der Waals surface area (Å²) < 4.78 is 12.7. The maximum absolute atomic E-state index is 13.0. The SMILES string of the molecule is CCN(Cc1ccc2c(c1)OCO2)C(=O)CCc1c(C)nc2c3ccccc3nn2c1C. The molecular formula is C25H26N4O3. The average molecular weight is 431 g/mol. The molecule has 0 spiro atoms. The molecule has 0 saturated heterocycles. The molecule has 0 bridgehead atoms. The number of nitrogens with zero attached hydrogens (tertiary/aromatic N) is 4. The second kappa shape index (κ2) is 8.15. The number of carbonyl (C=O) groups is 1. The van der Waals surface area contributed by atoms with Gasteiger partial charge in [0.15, 0.2) is 17.1 Å². The van der Waals surface area contributed by atoms with E-state index in [2.05, 4.69) is 6.92 Å². The summed E-state index contributed by atoms with van der Waals surface area (Å²) >= 11 is 0. The second-order valence-corrected chi connectivity index (χ2v) is 8.11. The van der Waals surface area contributed by atoms with Crippen molar-refractivity contribution in [2.45, 2.75) is 40.2 Å². The van der Waals surface area contributed by atoms with Crippen molar-refractivity contribution in [2.75, 3.05) is 13.3 Å². The molecule has 0 atom stereocenters. The van der Waals surface area contributed by atoms with E-state index in [0.29, 0.717) is 25.9 Å². The maximum atomic E-state index is 13.0. The molecule has 0 unspecified atom stereocenters. The largest absolute Gasteiger partial charge is 0.454 e. The van der Waals surface area contributed by atoms with Gasteiger partial charge in [-0.3, -0.25) is 4.79 Å². The number of benzene rings is 2. The number of amides is 1. The van der Waals surface area contributed by atoms with Crippen molar-refractivity contribution < 1.29 is 14.3 Å². The summed E-state index contributed by atoms with van der Waals surface area (Å²) in [5.41, 5.74) is 5.89. The van der Waals surface area contributed by atoms with E-state index in [1.165, 1.54) is 0 Å². The molecule has 0 saturated carbocycles. The van der Waals surface area contributed by atoms with Crippen LogP contribution in [0, 0.1) is 13.8 Å². The van der Waals surface area contributed by atoms with Crippen molar-refractivity contribution in [3.8, 4) is 11.5 Å². The molecule has 164 valence electrons. The Hall–Kier alpha value is -3.61. The van der Waals surface area contributed by atoms with Crippen LogP contribution in [-0.4, -0.2) is 38.7 Å². The third-order valence-corrected chi connectivity index (χ3v) is 6.15. The first kappa shape index (κ1) is 20.3. The Bertz CT molecular complexity index is 1330. The zero-order chi connectivity index (χ0) is 22.2. The van der Waals surface area contributed by atoms with E-state index in [1.54, 1.807) is 0 Å². The molecule has 0 aliphatic carbocycles. The fourth-order valence-corrected chi connectivity index (χ4v) is 4.36. The monoisotopic (exact) mass is 430 g/mol. The van der Waals surface area contributed by atoms with Crippen LogP contribution in [0.2, 0.25) is 0 Å². The van der Waals surface area contributed by atoms with Crippen LogP contribution in [0.1, 0.15) is 35.9 Å². The van der Waals surface area contributed by atoms with E-state index >= 15 is 0 Å². The van der Waals surface area contributed by atoms with Crippen LogP contribution in [0.3, 0.4) is 0 Å². The molecule has 3 heterocycles. The summed E-state index contributed by atoms with van der Waals surface area (Å²) in [5.74, 6) is 1.61. The van der Waals surface area contributed by atoms with Crippen molar-refractivity contribution in [1.82, 2.24) is 19.5 Å². The third kappa shape index (κ3) is 3.53. The molecule has 5 rings (SSSR count). The lowest BCUT2D eigenvalue weighted by molar-refractivity contribution is -0.131. The van der Waals surface area contributed by atoms with Crippen molar-refractivity contribution in [3.05, 3.63) is 65.0 Å². The minimum atomic E-state index is 0.120. The number of aromatic nitrogens is 3. The number of aryl methyl sites for hydroxylation is 2. The summed E-state index contributed by atoms with van der Waals surface area (Å²) in [7, 11) is 0. The zero-order valence-corrected chi connectivity index (χ0v) is 18.6. The van der Waals surface area contributed by atoms with E-state index in [-0.39, 0.29) is 12.7 Å². The van der Waals surface area contributed by atoms with E-state index in [9.17, 15) is 4.79 Å². The van der Waals surface area contributed by atoms with Crippen LogP contribution in [0.15, 0.2) is 42.5 Å². The predicted molar refractivity (Wildman–Crippen MR) is 122 cm³/mol. The fourth-order valence-electron chi connectivity index (χ4n) is 4.36. The number of fused-ring (bicyclic) bond motifs is 4. The first-order chi connectivity index (χ1) is 15.5. The number of carbonyl (C=O) groups excluding carboxylic acids is 1. The molecule has 7 heteroatoms. The Morgan fingerprint density at radius 1 is 1.12 bits per heavy atom. The van der Waals surface area contributed by atoms with Crippen LogP contribution >= 0.6 is 0 Å². The minimum absolute atomic E-state index is 0.120. The number of hydrogen-bond donors (Lipinski definition) is 0. The van der Waals surface area contributed by atoms with Gasteiger partial charge in [0.05, 0.1) is 5.52 Å². The van der Waals surface area contributed by atoms with Crippen molar-refractivity contribution >= 4 is 22.5 Å². The second-order valence-electron chi connectivity index (χ2n) is 8.11. The van der Waals surface area contributed by atoms with Gasteiger partial charge in [0.2, 0.25) is 12.7 Å². The highest BCUT2D eigenvalue weighted by atomic mass is 16.7. The topological polar surface area (TPSA) is 69.0 Å². The molecule has 0 N–H and O–H groups in total. The van der Waals surface area contributed by atoms with Gasteiger partial charge in [-0.25, -0.2) is 9.50 Å². The quantitative estimate of drug-likeness (QED) is 0.458. The maximum Gasteiger partial charge on any atom is 0.231 e. The molecule has 1 aliphatic heterocycles. The number of ether oxygens (including phenoxy) is 2. The van der Waals surface area contributed by atoms with Gasteiger partial charge in [-0.1, -0.05) is 18.2 Å². The van der Waals surface area contributed by atoms with Crippen LogP contribution < -0.4 is 9.47 Å². The van der Waals surface area contributed by atoms with Gasteiger partial charge in [0.25, 0.3) is 0 Å². The van der Waals surface area contributed by atoms with Gasteiger partial charge >= 0.3 is 0 Å². The molecule has 4 aromatic rings. The van der Waals surface area contributed by atoms with Gasteiger partial charge < -0.3 is 14.4 Å². The smallest absolute Gasteiger partial charge is 0.231 e. The Morgan fingerprint density at radius 3 is 2.78 bits per heavy atom. The standard InChI is InChI=1S/C25H26N4O3/c1-4-28(14-18-9-11-22-23(13-18)32-15-31-22)24(30)12-10-19-16(2)26-25-20-7-5-6-8-21(20)27-29(25)17(19)3/h5-9,11,13H,4,10,12,14-15H2,1-3H3. The molecular weight excluding hydrogens is 404 g/mol. The molecule has 0 fully saturated rings. The number of rotatable bonds is 6. The van der Waals surface area contributed by atoms with Crippen LogP contribution in [0.4, 0.5) is 0 Å². The summed E-state index contributed by atoms with van der Waals surface area (Å²) in [6.07, 6.45) is 1.06. The van der Waals surface area contributed by atoms with Gasteiger partial charge in [-0.2, -0.15) is 5.10 Å². The molecule has 7 nitrogen and oxygen atoms in total. The third-order valence-electron chi connectivity index (χ3n) is 6.15. The molecule has 1 amide bonds. The van der Waals surface area contributed by atoms with Gasteiger partial charge in [0.1, 0.15) is 0 Å². The van der Waals surface area contributed by atoms with Crippen molar-refractivity contribution in [3.63, 3.8) is 0 Å². The van der Waals surface area contributed by atoms with Crippen LogP contribution in [0.25, 0.3) is 16.6 Å². The lowest BCUT2D eigenvalue weighted by Crippen LogP contribution is -2.30. The van der Waals surface area contributed by atoms with E-state index < -0.39 is 0 Å². The van der Waals surface area contributed by atoms with E-state index in [4.69, 9.17) is 19.6 Å². The fraction of sp³-hybridized carbons (Fsp3) is 0.320. The molecule has 1 aliphatic rings. The summed E-state index contributed by atoms with van der Waals surface area (Å²) in [6, 6.07) is 13.9. The highest BCUT2D eigenvalue weighted by molar-refractivity contribution is 5.92. The number of hydrogen-bond acceptors (Lipinski definition) is 5.